The second kappa shape index (κ2) is 5.22. The zero-order chi connectivity index (χ0) is 14.1. The van der Waals surface area contributed by atoms with Crippen LogP contribution in [-0.4, -0.2) is 58.1 Å². The molecule has 2 heterocycles. The van der Waals surface area contributed by atoms with Crippen molar-refractivity contribution in [2.45, 2.75) is 6.10 Å². The maximum Gasteiger partial charge on any atom is 0.275 e. The fourth-order valence-electron chi connectivity index (χ4n) is 2.54. The maximum absolute atomic E-state index is 12.6. The van der Waals surface area contributed by atoms with Crippen molar-refractivity contribution in [1.82, 2.24) is 14.7 Å². The number of nitrogens with zero attached hydrogens (tertiary/aromatic N) is 3. The van der Waals surface area contributed by atoms with Crippen LogP contribution in [0.5, 0.6) is 0 Å². The van der Waals surface area contributed by atoms with Crippen molar-refractivity contribution >= 4 is 16.8 Å². The second-order valence-corrected chi connectivity index (χ2v) is 4.92. The van der Waals surface area contributed by atoms with Gasteiger partial charge >= 0.3 is 0 Å². The minimum absolute atomic E-state index is 0.0766. The van der Waals surface area contributed by atoms with E-state index in [-0.39, 0.29) is 18.6 Å². The van der Waals surface area contributed by atoms with E-state index >= 15 is 0 Å². The lowest BCUT2D eigenvalue weighted by Crippen LogP contribution is -2.47. The highest BCUT2D eigenvalue weighted by molar-refractivity contribution is 6.04. The number of aryl methyl sites for hydroxylation is 1. The molecule has 0 bridgehead atoms. The molecule has 1 unspecified atom stereocenters. The molecule has 6 heteroatoms. The van der Waals surface area contributed by atoms with Gasteiger partial charge in [0.15, 0.2) is 5.69 Å². The smallest absolute Gasteiger partial charge is 0.275 e. The van der Waals surface area contributed by atoms with Crippen LogP contribution in [0.4, 0.5) is 0 Å². The molecule has 6 nitrogen and oxygen atoms in total. The number of ether oxygens (including phenoxy) is 1. The van der Waals surface area contributed by atoms with Crippen LogP contribution < -0.4 is 0 Å². The molecular weight excluding hydrogens is 258 g/mol. The molecule has 1 saturated heterocycles. The summed E-state index contributed by atoms with van der Waals surface area (Å²) in [6, 6.07) is 7.67. The molecule has 20 heavy (non-hydrogen) atoms. The first-order valence-corrected chi connectivity index (χ1v) is 6.64. The van der Waals surface area contributed by atoms with Gasteiger partial charge in [-0.1, -0.05) is 18.2 Å². The van der Waals surface area contributed by atoms with Crippen LogP contribution in [0.25, 0.3) is 10.9 Å². The highest BCUT2D eigenvalue weighted by Crippen LogP contribution is 2.20. The lowest BCUT2D eigenvalue weighted by Gasteiger charge is -2.31. The van der Waals surface area contributed by atoms with Crippen molar-refractivity contribution in [2.24, 2.45) is 7.05 Å². The predicted molar refractivity (Wildman–Crippen MR) is 73.4 cm³/mol. The van der Waals surface area contributed by atoms with Gasteiger partial charge in [0.05, 0.1) is 24.8 Å². The van der Waals surface area contributed by atoms with Gasteiger partial charge in [-0.25, -0.2) is 0 Å². The molecule has 1 fully saturated rings. The quantitative estimate of drug-likeness (QED) is 0.862. The zero-order valence-electron chi connectivity index (χ0n) is 11.3. The number of hydrogen-bond acceptors (Lipinski definition) is 4. The van der Waals surface area contributed by atoms with Crippen molar-refractivity contribution < 1.29 is 14.6 Å². The van der Waals surface area contributed by atoms with Crippen LogP contribution in [0, 0.1) is 0 Å². The van der Waals surface area contributed by atoms with E-state index < -0.39 is 0 Å². The van der Waals surface area contributed by atoms with Crippen molar-refractivity contribution in [2.75, 3.05) is 26.3 Å². The predicted octanol–water partition coefficient (Wildman–Crippen LogP) is 0.407. The van der Waals surface area contributed by atoms with Gasteiger partial charge < -0.3 is 14.7 Å². The fourth-order valence-corrected chi connectivity index (χ4v) is 2.54. The Bertz CT molecular complexity index is 638. The summed E-state index contributed by atoms with van der Waals surface area (Å²) in [5.74, 6) is -0.108. The number of aromatic nitrogens is 2. The molecule has 1 aliphatic heterocycles. The average Bonchev–Trinajstić information content (AvgIpc) is 2.84. The van der Waals surface area contributed by atoms with E-state index in [1.807, 2.05) is 31.3 Å². The summed E-state index contributed by atoms with van der Waals surface area (Å²) >= 11 is 0. The maximum atomic E-state index is 12.6. The normalized spacial score (nSPS) is 19.5. The lowest BCUT2D eigenvalue weighted by atomic mass is 10.2. The molecule has 2 aromatic rings. The SMILES string of the molecule is Cn1nc(C(=O)N2CCOC(CO)C2)c2ccccc21. The molecule has 3 rings (SSSR count). The number of aliphatic hydroxyl groups excluding tert-OH is 1. The zero-order valence-corrected chi connectivity index (χ0v) is 11.3. The van der Waals surface area contributed by atoms with E-state index in [1.165, 1.54) is 0 Å². The molecule has 1 amide bonds. The summed E-state index contributed by atoms with van der Waals surface area (Å²) in [7, 11) is 1.83. The van der Waals surface area contributed by atoms with Crippen molar-refractivity contribution in [3.05, 3.63) is 30.0 Å². The van der Waals surface area contributed by atoms with Crippen LogP contribution in [0.2, 0.25) is 0 Å². The number of rotatable bonds is 2. The van der Waals surface area contributed by atoms with E-state index in [2.05, 4.69) is 5.10 Å². The van der Waals surface area contributed by atoms with Gasteiger partial charge in [0, 0.05) is 25.5 Å². The number of carbonyl (C=O) groups is 1. The molecule has 0 aliphatic carbocycles. The average molecular weight is 275 g/mol. The summed E-state index contributed by atoms with van der Waals surface area (Å²) in [4.78, 5) is 14.3. The van der Waals surface area contributed by atoms with Gasteiger partial charge in [0.2, 0.25) is 0 Å². The molecule has 0 radical (unpaired) electrons. The molecule has 0 saturated carbocycles. The number of aliphatic hydroxyl groups is 1. The molecule has 1 aliphatic rings. The third kappa shape index (κ3) is 2.17. The van der Waals surface area contributed by atoms with Crippen molar-refractivity contribution in [3.63, 3.8) is 0 Å². The van der Waals surface area contributed by atoms with E-state index in [1.54, 1.807) is 9.58 Å². The Morgan fingerprint density at radius 3 is 3.10 bits per heavy atom. The molecule has 0 spiro atoms. The Hall–Kier alpha value is -1.92. The summed E-state index contributed by atoms with van der Waals surface area (Å²) in [6.07, 6.45) is -0.303. The number of benzene rings is 1. The molecule has 1 atom stereocenters. The molecule has 1 aromatic heterocycles. The molecule has 1 N–H and O–H groups in total. The van der Waals surface area contributed by atoms with Crippen LogP contribution in [0.3, 0.4) is 0 Å². The second-order valence-electron chi connectivity index (χ2n) is 4.92. The summed E-state index contributed by atoms with van der Waals surface area (Å²) < 4.78 is 7.08. The summed E-state index contributed by atoms with van der Waals surface area (Å²) in [5, 5.41) is 14.3. The topological polar surface area (TPSA) is 67.6 Å². The third-order valence-corrected chi connectivity index (χ3v) is 3.59. The number of fused-ring (bicyclic) bond motifs is 1. The lowest BCUT2D eigenvalue weighted by molar-refractivity contribution is -0.0448. The van der Waals surface area contributed by atoms with E-state index in [0.29, 0.717) is 25.4 Å². The van der Waals surface area contributed by atoms with Crippen molar-refractivity contribution in [3.8, 4) is 0 Å². The third-order valence-electron chi connectivity index (χ3n) is 3.59. The summed E-state index contributed by atoms with van der Waals surface area (Å²) in [5.41, 5.74) is 1.39. The Morgan fingerprint density at radius 1 is 1.50 bits per heavy atom. The van der Waals surface area contributed by atoms with Gasteiger partial charge in [-0.15, -0.1) is 0 Å². The van der Waals surface area contributed by atoms with Gasteiger partial charge in [-0.2, -0.15) is 5.10 Å². The van der Waals surface area contributed by atoms with Crippen LogP contribution in [-0.2, 0) is 11.8 Å². The number of carbonyl (C=O) groups excluding carboxylic acids is 1. The Morgan fingerprint density at radius 2 is 2.30 bits per heavy atom. The minimum Gasteiger partial charge on any atom is -0.394 e. The van der Waals surface area contributed by atoms with Gasteiger partial charge in [-0.05, 0) is 6.07 Å². The number of hydrogen-bond donors (Lipinski definition) is 1. The van der Waals surface area contributed by atoms with E-state index in [9.17, 15) is 4.79 Å². The highest BCUT2D eigenvalue weighted by Gasteiger charge is 2.27. The Kier molecular flexibility index (Phi) is 3.42. The molecule has 106 valence electrons. The number of para-hydroxylation sites is 1. The summed E-state index contributed by atoms with van der Waals surface area (Å²) in [6.45, 7) is 1.30. The standard InChI is InChI=1S/C14H17N3O3/c1-16-12-5-3-2-4-11(12)13(15-16)14(19)17-6-7-20-10(8-17)9-18/h2-5,10,18H,6-9H2,1H3. The number of amides is 1. The largest absolute Gasteiger partial charge is 0.394 e. The van der Waals surface area contributed by atoms with E-state index in [0.717, 1.165) is 10.9 Å². The monoisotopic (exact) mass is 275 g/mol. The highest BCUT2D eigenvalue weighted by atomic mass is 16.5. The number of morpholine rings is 1. The Balaban J connectivity index is 1.92. The van der Waals surface area contributed by atoms with Gasteiger partial charge in [0.25, 0.3) is 5.91 Å². The van der Waals surface area contributed by atoms with Gasteiger partial charge in [-0.3, -0.25) is 9.48 Å². The van der Waals surface area contributed by atoms with Crippen LogP contribution in [0.1, 0.15) is 10.5 Å². The van der Waals surface area contributed by atoms with Crippen molar-refractivity contribution in [1.29, 1.82) is 0 Å². The first kappa shape index (κ1) is 13.1. The fraction of sp³-hybridized carbons (Fsp3) is 0.429. The Labute approximate surface area is 116 Å². The van der Waals surface area contributed by atoms with E-state index in [4.69, 9.17) is 9.84 Å². The minimum atomic E-state index is -0.303. The van der Waals surface area contributed by atoms with Crippen LogP contribution in [0.15, 0.2) is 24.3 Å². The molecule has 1 aromatic carbocycles. The molecular formula is C14H17N3O3. The van der Waals surface area contributed by atoms with Crippen LogP contribution >= 0.6 is 0 Å². The van der Waals surface area contributed by atoms with Gasteiger partial charge in [0.1, 0.15) is 0 Å². The first-order chi connectivity index (χ1) is 9.70. The first-order valence-electron chi connectivity index (χ1n) is 6.64.